The lowest BCUT2D eigenvalue weighted by Gasteiger charge is -2.38. The van der Waals surface area contributed by atoms with Crippen LogP contribution < -0.4 is 0 Å². The summed E-state index contributed by atoms with van der Waals surface area (Å²) in [6.07, 6.45) is 3.77. The molecule has 0 N–H and O–H groups in total. The molecule has 0 amide bonds. The van der Waals surface area contributed by atoms with E-state index < -0.39 is 5.92 Å². The molecule has 2 rings (SSSR count). The van der Waals surface area contributed by atoms with Crippen molar-refractivity contribution in [3.8, 4) is 0 Å². The molecule has 0 aromatic heterocycles. The molecular formula is C20H34F2. The van der Waals surface area contributed by atoms with Crippen molar-refractivity contribution in [2.45, 2.75) is 73.1 Å². The molecule has 0 radical (unpaired) electrons. The smallest absolute Gasteiger partial charge is 0.207 e. The number of alkyl halides is 2. The highest BCUT2D eigenvalue weighted by atomic mass is 19.3. The number of halogens is 2. The molecule has 22 heavy (non-hydrogen) atoms. The van der Waals surface area contributed by atoms with Gasteiger partial charge in [0.2, 0.25) is 5.92 Å². The van der Waals surface area contributed by atoms with Crippen molar-refractivity contribution >= 4 is 0 Å². The quantitative estimate of drug-likeness (QED) is 0.514. The first kappa shape index (κ1) is 23.1. The van der Waals surface area contributed by atoms with Crippen molar-refractivity contribution in [3.05, 3.63) is 48.6 Å². The topological polar surface area (TPSA) is 0 Å². The maximum atomic E-state index is 13.2. The third kappa shape index (κ3) is 7.20. The second-order valence-corrected chi connectivity index (χ2v) is 5.08. The van der Waals surface area contributed by atoms with E-state index in [-0.39, 0.29) is 25.7 Å². The van der Waals surface area contributed by atoms with E-state index in [1.807, 2.05) is 52.0 Å². The van der Waals surface area contributed by atoms with E-state index in [1.54, 1.807) is 0 Å². The fourth-order valence-corrected chi connectivity index (χ4v) is 2.57. The van der Waals surface area contributed by atoms with Crippen LogP contribution >= 0.6 is 0 Å². The van der Waals surface area contributed by atoms with E-state index in [9.17, 15) is 8.78 Å². The summed E-state index contributed by atoms with van der Waals surface area (Å²) < 4.78 is 26.4. The Morgan fingerprint density at radius 1 is 0.955 bits per heavy atom. The molecule has 1 aliphatic rings. The minimum absolute atomic E-state index is 0. The highest BCUT2D eigenvalue weighted by Gasteiger charge is 2.41. The molecule has 1 saturated carbocycles. The Morgan fingerprint density at radius 3 is 1.82 bits per heavy atom. The van der Waals surface area contributed by atoms with E-state index in [1.165, 1.54) is 5.56 Å². The molecule has 1 aromatic rings. The Hall–Kier alpha value is -1.18. The van der Waals surface area contributed by atoms with E-state index >= 15 is 0 Å². The molecule has 0 aliphatic heterocycles. The summed E-state index contributed by atoms with van der Waals surface area (Å²) in [5, 5.41) is 0. The first-order chi connectivity index (χ1) is 10.1. The molecule has 0 spiro atoms. The highest BCUT2D eigenvalue weighted by Crippen LogP contribution is 2.46. The van der Waals surface area contributed by atoms with Gasteiger partial charge < -0.3 is 0 Å². The van der Waals surface area contributed by atoms with Crippen LogP contribution in [0.3, 0.4) is 0 Å². The van der Waals surface area contributed by atoms with Gasteiger partial charge in [-0.05, 0) is 30.2 Å². The van der Waals surface area contributed by atoms with Gasteiger partial charge in [0.25, 0.3) is 0 Å². The Labute approximate surface area is 136 Å². The first-order valence-corrected chi connectivity index (χ1v) is 8.11. The minimum Gasteiger partial charge on any atom is -0.207 e. The van der Waals surface area contributed by atoms with Gasteiger partial charge >= 0.3 is 0 Å². The summed E-state index contributed by atoms with van der Waals surface area (Å²) in [6, 6.07) is 10.1. The number of hydrogen-bond donors (Lipinski definition) is 0. The maximum Gasteiger partial charge on any atom is 0.248 e. The lowest BCUT2D eigenvalue weighted by atomic mass is 9.69. The average Bonchev–Trinajstić information content (AvgIpc) is 2.55. The average molecular weight is 312 g/mol. The maximum absolute atomic E-state index is 13.2. The van der Waals surface area contributed by atoms with E-state index in [0.717, 1.165) is 6.42 Å². The van der Waals surface area contributed by atoms with Gasteiger partial charge in [0, 0.05) is 12.8 Å². The monoisotopic (exact) mass is 312 g/mol. The molecule has 0 nitrogen and oxygen atoms in total. The van der Waals surface area contributed by atoms with Gasteiger partial charge in [-0.25, -0.2) is 8.78 Å². The molecule has 1 aromatic carbocycles. The summed E-state index contributed by atoms with van der Waals surface area (Å²) in [5.74, 6) is -2.47. The predicted molar refractivity (Wildman–Crippen MR) is 95.6 cm³/mol. The fraction of sp³-hybridized carbons (Fsp3) is 0.600. The van der Waals surface area contributed by atoms with Crippen LogP contribution in [0.15, 0.2) is 43.0 Å². The first-order valence-electron chi connectivity index (χ1n) is 8.11. The van der Waals surface area contributed by atoms with E-state index in [0.29, 0.717) is 12.8 Å². The fourth-order valence-electron chi connectivity index (χ4n) is 2.57. The zero-order valence-corrected chi connectivity index (χ0v) is 14.0. The molecule has 0 atom stereocenters. The highest BCUT2D eigenvalue weighted by molar-refractivity contribution is 5.19. The van der Waals surface area contributed by atoms with Gasteiger partial charge in [0.15, 0.2) is 0 Å². The van der Waals surface area contributed by atoms with Crippen LogP contribution in [0.2, 0.25) is 0 Å². The number of allylic oxidation sites excluding steroid dienone is 1. The van der Waals surface area contributed by atoms with Gasteiger partial charge in [-0.15, -0.1) is 6.58 Å². The Morgan fingerprint density at radius 2 is 1.41 bits per heavy atom. The normalized spacial score (nSPS) is 17.5. The zero-order valence-electron chi connectivity index (χ0n) is 14.0. The summed E-state index contributed by atoms with van der Waals surface area (Å²) in [6.45, 7) is 11.9. The molecule has 0 unspecified atom stereocenters. The van der Waals surface area contributed by atoms with Crippen molar-refractivity contribution < 1.29 is 8.78 Å². The van der Waals surface area contributed by atoms with Crippen LogP contribution in [0.1, 0.15) is 66.4 Å². The molecule has 0 bridgehead atoms. The van der Waals surface area contributed by atoms with Gasteiger partial charge in [0.1, 0.15) is 0 Å². The van der Waals surface area contributed by atoms with Gasteiger partial charge in [-0.2, -0.15) is 0 Å². The Balaban J connectivity index is 0. The Kier molecular flexibility index (Phi) is 12.0. The van der Waals surface area contributed by atoms with Crippen LogP contribution in [-0.2, 0) is 6.42 Å². The van der Waals surface area contributed by atoms with Crippen molar-refractivity contribution in [1.29, 1.82) is 0 Å². The van der Waals surface area contributed by atoms with Crippen LogP contribution in [-0.4, -0.2) is 5.92 Å². The second-order valence-electron chi connectivity index (χ2n) is 5.08. The van der Waals surface area contributed by atoms with E-state index in [4.69, 9.17) is 0 Å². The largest absolute Gasteiger partial charge is 0.248 e. The molecule has 128 valence electrons. The predicted octanol–water partition coefficient (Wildman–Crippen LogP) is 7.30. The number of rotatable bonds is 3. The molecule has 1 aliphatic carbocycles. The van der Waals surface area contributed by atoms with Gasteiger partial charge in [0.05, 0.1) is 0 Å². The molecular weight excluding hydrogens is 278 g/mol. The lowest BCUT2D eigenvalue weighted by molar-refractivity contribution is -0.0576. The summed E-state index contributed by atoms with van der Waals surface area (Å²) in [5.41, 5.74) is 1.07. The third-order valence-electron chi connectivity index (χ3n) is 3.81. The molecule has 1 fully saturated rings. The molecule has 0 heterocycles. The van der Waals surface area contributed by atoms with Crippen molar-refractivity contribution in [3.63, 3.8) is 0 Å². The van der Waals surface area contributed by atoms with Crippen molar-refractivity contribution in [2.24, 2.45) is 5.41 Å². The summed E-state index contributed by atoms with van der Waals surface area (Å²) in [7, 11) is 0. The van der Waals surface area contributed by atoms with Crippen LogP contribution in [0, 0.1) is 5.41 Å². The van der Waals surface area contributed by atoms with Gasteiger partial charge in [-0.1, -0.05) is 71.5 Å². The Bertz CT molecular complexity index is 372. The van der Waals surface area contributed by atoms with Crippen LogP contribution in [0.25, 0.3) is 0 Å². The molecule has 0 saturated heterocycles. The van der Waals surface area contributed by atoms with Crippen LogP contribution in [0.5, 0.6) is 0 Å². The van der Waals surface area contributed by atoms with Crippen molar-refractivity contribution in [1.82, 2.24) is 0 Å². The zero-order chi connectivity index (χ0) is 16.4. The molecule has 2 heteroatoms. The lowest BCUT2D eigenvalue weighted by Crippen LogP contribution is -2.33. The summed E-state index contributed by atoms with van der Waals surface area (Å²) in [4.78, 5) is 0. The SMILES string of the molecule is C.C=CC1(Cc2ccccc2)CCC(F)(F)CC1.CC.CC. The second kappa shape index (κ2) is 11.4. The number of benzene rings is 1. The van der Waals surface area contributed by atoms with Crippen molar-refractivity contribution in [2.75, 3.05) is 0 Å². The standard InChI is InChI=1S/C15H18F2.2C2H6.CH4/c1-2-14(8-10-15(16,17)11-9-14)12-13-6-4-3-5-7-13;2*1-2;/h2-7H,1,8-12H2;2*1-2H3;1H4. The third-order valence-corrected chi connectivity index (χ3v) is 3.81. The number of hydrogen-bond acceptors (Lipinski definition) is 0. The van der Waals surface area contributed by atoms with E-state index in [2.05, 4.69) is 18.7 Å². The van der Waals surface area contributed by atoms with Gasteiger partial charge in [-0.3, -0.25) is 0 Å². The minimum atomic E-state index is -2.47. The summed E-state index contributed by atoms with van der Waals surface area (Å²) >= 11 is 0. The van der Waals surface area contributed by atoms with Crippen LogP contribution in [0.4, 0.5) is 8.78 Å².